The van der Waals surface area contributed by atoms with Gasteiger partial charge in [0.2, 0.25) is 0 Å². The zero-order valence-electron chi connectivity index (χ0n) is 10.6. The van der Waals surface area contributed by atoms with Crippen LogP contribution in [0.2, 0.25) is 5.02 Å². The molecule has 2 aromatic rings. The van der Waals surface area contributed by atoms with Crippen molar-refractivity contribution in [3.05, 3.63) is 52.4 Å². The summed E-state index contributed by atoms with van der Waals surface area (Å²) in [4.78, 5) is 5.97. The van der Waals surface area contributed by atoms with Crippen molar-refractivity contribution in [2.24, 2.45) is 0 Å². The van der Waals surface area contributed by atoms with Crippen molar-refractivity contribution in [2.75, 3.05) is 5.06 Å². The Labute approximate surface area is 116 Å². The average molecular weight is 276 g/mol. The first-order valence-electron chi connectivity index (χ1n) is 6.51. The Balaban J connectivity index is 1.77. The van der Waals surface area contributed by atoms with Gasteiger partial charge in [-0.05, 0) is 42.8 Å². The van der Waals surface area contributed by atoms with Crippen LogP contribution >= 0.6 is 11.6 Å². The number of hydroxylamine groups is 1. The number of rotatable bonds is 1. The first-order valence-corrected chi connectivity index (χ1v) is 6.89. The zero-order valence-corrected chi connectivity index (χ0v) is 11.4. The van der Waals surface area contributed by atoms with E-state index in [2.05, 4.69) is 0 Å². The molecule has 2 aliphatic heterocycles. The monoisotopic (exact) mass is 275 g/mol. The minimum atomic E-state index is 0.168. The maximum absolute atomic E-state index is 6.07. The summed E-state index contributed by atoms with van der Waals surface area (Å²) in [5.74, 6) is 1.91. The van der Waals surface area contributed by atoms with Gasteiger partial charge in [-0.15, -0.1) is 0 Å². The van der Waals surface area contributed by atoms with Crippen LogP contribution in [0.3, 0.4) is 0 Å². The minimum absolute atomic E-state index is 0.168. The lowest BCUT2D eigenvalue weighted by atomic mass is 10.0. The summed E-state index contributed by atoms with van der Waals surface area (Å²) in [7, 11) is 0. The van der Waals surface area contributed by atoms with Gasteiger partial charge in [0.05, 0.1) is 11.8 Å². The molecule has 1 aromatic heterocycles. The van der Waals surface area contributed by atoms with Gasteiger partial charge in [0.1, 0.15) is 17.6 Å². The Hall–Kier alpha value is -1.45. The van der Waals surface area contributed by atoms with E-state index in [1.807, 2.05) is 42.3 Å². The van der Waals surface area contributed by atoms with Crippen LogP contribution < -0.4 is 5.06 Å². The maximum Gasteiger partial charge on any atom is 0.129 e. The molecule has 0 spiro atoms. The highest BCUT2D eigenvalue weighted by Crippen LogP contribution is 2.45. The lowest BCUT2D eigenvalue weighted by Gasteiger charge is -2.29. The van der Waals surface area contributed by atoms with Gasteiger partial charge in [-0.25, -0.2) is 5.06 Å². The van der Waals surface area contributed by atoms with Crippen molar-refractivity contribution < 1.29 is 9.25 Å². The number of benzene rings is 1. The molecule has 1 aromatic carbocycles. The van der Waals surface area contributed by atoms with Gasteiger partial charge >= 0.3 is 0 Å². The molecule has 2 bridgehead atoms. The van der Waals surface area contributed by atoms with E-state index in [9.17, 15) is 0 Å². The van der Waals surface area contributed by atoms with E-state index in [0.29, 0.717) is 0 Å². The van der Waals surface area contributed by atoms with Crippen LogP contribution in [0.4, 0.5) is 5.69 Å². The summed E-state index contributed by atoms with van der Waals surface area (Å²) in [6.07, 6.45) is 2.10. The number of hydrogen-bond acceptors (Lipinski definition) is 3. The van der Waals surface area contributed by atoms with Crippen LogP contribution in [0.25, 0.3) is 0 Å². The zero-order chi connectivity index (χ0) is 13.0. The van der Waals surface area contributed by atoms with E-state index in [1.165, 1.54) is 5.56 Å². The number of fused-ring (bicyclic) bond motifs is 4. The fourth-order valence-corrected chi connectivity index (χ4v) is 3.20. The molecule has 0 amide bonds. The van der Waals surface area contributed by atoms with Crippen LogP contribution in [0.15, 0.2) is 34.7 Å². The first kappa shape index (κ1) is 11.4. The molecule has 1 fully saturated rings. The van der Waals surface area contributed by atoms with Gasteiger partial charge in [0.25, 0.3) is 0 Å². The standard InChI is InChI=1S/C15H14ClNO2/c1-9-2-5-15(18-9)14-8-12-7-10-6-11(16)3-4-13(10)17(14)19-12/h2-6,12,14H,7-8H2,1H3/t12-,14+/m0/s1. The van der Waals surface area contributed by atoms with E-state index < -0.39 is 0 Å². The van der Waals surface area contributed by atoms with E-state index in [0.717, 1.165) is 35.1 Å². The van der Waals surface area contributed by atoms with Crippen LogP contribution in [-0.4, -0.2) is 6.10 Å². The molecule has 2 atom stereocenters. The molecule has 98 valence electrons. The van der Waals surface area contributed by atoms with Crippen molar-refractivity contribution >= 4 is 17.3 Å². The molecule has 0 N–H and O–H groups in total. The molecule has 0 saturated carbocycles. The predicted molar refractivity (Wildman–Crippen MR) is 73.3 cm³/mol. The second kappa shape index (κ2) is 4.02. The number of nitrogens with zero attached hydrogens (tertiary/aromatic N) is 1. The summed E-state index contributed by atoms with van der Waals surface area (Å²) in [5, 5.41) is 2.77. The van der Waals surface area contributed by atoms with Crippen molar-refractivity contribution in [3.63, 3.8) is 0 Å². The minimum Gasteiger partial charge on any atom is -0.464 e. The van der Waals surface area contributed by atoms with Crippen LogP contribution in [0, 0.1) is 6.92 Å². The Morgan fingerprint density at radius 2 is 2.16 bits per heavy atom. The van der Waals surface area contributed by atoms with Crippen molar-refractivity contribution in [2.45, 2.75) is 31.9 Å². The van der Waals surface area contributed by atoms with Crippen LogP contribution in [0.1, 0.15) is 29.5 Å². The molecule has 2 aliphatic rings. The fourth-order valence-electron chi connectivity index (χ4n) is 3.01. The summed E-state index contributed by atoms with van der Waals surface area (Å²) < 4.78 is 5.77. The highest BCUT2D eigenvalue weighted by molar-refractivity contribution is 6.30. The third-order valence-electron chi connectivity index (χ3n) is 3.85. The SMILES string of the molecule is Cc1ccc([C@H]2C[C@@H]3Cc4cc(Cl)ccc4N2O3)o1. The van der Waals surface area contributed by atoms with Crippen molar-refractivity contribution in [1.29, 1.82) is 0 Å². The van der Waals surface area contributed by atoms with Gasteiger partial charge in [0.15, 0.2) is 0 Å². The Morgan fingerprint density at radius 1 is 1.26 bits per heavy atom. The number of halogens is 1. The molecular weight excluding hydrogens is 262 g/mol. The topological polar surface area (TPSA) is 25.6 Å². The second-order valence-corrected chi connectivity index (χ2v) is 5.67. The smallest absolute Gasteiger partial charge is 0.129 e. The molecule has 4 rings (SSSR count). The highest BCUT2D eigenvalue weighted by atomic mass is 35.5. The third-order valence-corrected chi connectivity index (χ3v) is 4.08. The quantitative estimate of drug-likeness (QED) is 0.785. The van der Waals surface area contributed by atoms with Crippen LogP contribution in [-0.2, 0) is 11.3 Å². The third kappa shape index (κ3) is 1.77. The summed E-state index contributed by atoms with van der Waals surface area (Å²) in [6, 6.07) is 10.2. The molecule has 0 unspecified atom stereocenters. The van der Waals surface area contributed by atoms with Gasteiger partial charge in [-0.3, -0.25) is 4.84 Å². The van der Waals surface area contributed by atoms with Gasteiger partial charge < -0.3 is 4.42 Å². The second-order valence-electron chi connectivity index (χ2n) is 5.23. The number of furan rings is 1. The highest BCUT2D eigenvalue weighted by Gasteiger charge is 2.41. The normalized spacial score (nSPS) is 24.6. The maximum atomic E-state index is 6.07. The fraction of sp³-hybridized carbons (Fsp3) is 0.333. The van der Waals surface area contributed by atoms with E-state index in [1.54, 1.807) is 0 Å². The first-order chi connectivity index (χ1) is 9.20. The molecule has 3 nitrogen and oxygen atoms in total. The predicted octanol–water partition coefficient (Wildman–Crippen LogP) is 4.05. The average Bonchev–Trinajstić information content (AvgIpc) is 2.94. The van der Waals surface area contributed by atoms with E-state index in [-0.39, 0.29) is 12.1 Å². The molecule has 4 heteroatoms. The lowest BCUT2D eigenvalue weighted by Crippen LogP contribution is -2.27. The van der Waals surface area contributed by atoms with Gasteiger partial charge in [-0.2, -0.15) is 0 Å². The molecule has 0 radical (unpaired) electrons. The number of hydrogen-bond donors (Lipinski definition) is 0. The molecule has 1 saturated heterocycles. The Morgan fingerprint density at radius 3 is 2.95 bits per heavy atom. The summed E-state index contributed by atoms with van der Waals surface area (Å²) >= 11 is 6.07. The molecular formula is C15H14ClNO2. The Bertz CT molecular complexity index is 637. The van der Waals surface area contributed by atoms with Crippen molar-refractivity contribution in [3.8, 4) is 0 Å². The van der Waals surface area contributed by atoms with E-state index >= 15 is 0 Å². The molecule has 3 heterocycles. The van der Waals surface area contributed by atoms with Crippen molar-refractivity contribution in [1.82, 2.24) is 0 Å². The largest absolute Gasteiger partial charge is 0.464 e. The Kier molecular flexibility index (Phi) is 2.41. The van der Waals surface area contributed by atoms with E-state index in [4.69, 9.17) is 20.9 Å². The summed E-state index contributed by atoms with van der Waals surface area (Å²) in [6.45, 7) is 1.97. The summed E-state index contributed by atoms with van der Waals surface area (Å²) in [5.41, 5.74) is 2.37. The van der Waals surface area contributed by atoms with Crippen LogP contribution in [0.5, 0.6) is 0 Å². The molecule has 19 heavy (non-hydrogen) atoms. The lowest BCUT2D eigenvalue weighted by molar-refractivity contribution is 0.0724. The van der Waals surface area contributed by atoms with Gasteiger partial charge in [0, 0.05) is 17.9 Å². The number of anilines is 1. The number of aryl methyl sites for hydroxylation is 1. The molecule has 0 aliphatic carbocycles. The van der Waals surface area contributed by atoms with Gasteiger partial charge in [-0.1, -0.05) is 11.6 Å².